The minimum Gasteiger partial charge on any atom is -0.339 e. The molecular formula is C28H33N3O2S2. The molecule has 0 unspecified atom stereocenters. The highest BCUT2D eigenvalue weighted by Gasteiger charge is 2.32. The number of thiophene rings is 2. The lowest BCUT2D eigenvalue weighted by Crippen LogP contribution is -2.56. The molecule has 3 aromatic rings. The first-order valence-corrected chi connectivity index (χ1v) is 14.2. The van der Waals surface area contributed by atoms with Crippen LogP contribution in [0.3, 0.4) is 0 Å². The Hall–Kier alpha value is -2.48. The van der Waals surface area contributed by atoms with Crippen molar-refractivity contribution in [3.05, 3.63) is 79.7 Å². The summed E-state index contributed by atoms with van der Waals surface area (Å²) in [5.74, 6) is 0.355. The molecule has 4 heterocycles. The van der Waals surface area contributed by atoms with Crippen molar-refractivity contribution in [2.24, 2.45) is 0 Å². The molecule has 1 saturated heterocycles. The molecule has 5 rings (SSSR count). The van der Waals surface area contributed by atoms with Crippen LogP contribution < -0.4 is 0 Å². The summed E-state index contributed by atoms with van der Waals surface area (Å²) in [6.07, 6.45) is 2.01. The molecular weight excluding hydrogens is 474 g/mol. The number of hydrogen-bond donors (Lipinski definition) is 0. The standard InChI is InChI=1S/C28H33N3O2S2/c1-20-5-7-22(8-6-20)28-24-11-17-35-25(24)9-12-29(28)13-10-26(32)30-14-15-31(21(2)19-30)27(33)18-23-4-3-16-34-23/h3-8,11,16-17,21,28H,9-10,12-15,18-19H2,1-2H3/t21-,28-/m0/s1. The molecule has 184 valence electrons. The van der Waals surface area contributed by atoms with Gasteiger partial charge in [-0.05, 0) is 54.3 Å². The van der Waals surface area contributed by atoms with E-state index in [0.717, 1.165) is 24.4 Å². The molecule has 2 aliphatic rings. The first-order chi connectivity index (χ1) is 17.0. The second kappa shape index (κ2) is 10.6. The quantitative estimate of drug-likeness (QED) is 0.483. The van der Waals surface area contributed by atoms with Crippen molar-refractivity contribution < 1.29 is 9.59 Å². The molecule has 7 heteroatoms. The Bertz CT molecular complexity index is 1160. The molecule has 1 aromatic carbocycles. The number of nitrogens with zero attached hydrogens (tertiary/aromatic N) is 3. The van der Waals surface area contributed by atoms with Gasteiger partial charge in [-0.25, -0.2) is 0 Å². The van der Waals surface area contributed by atoms with E-state index in [-0.39, 0.29) is 23.9 Å². The second-order valence-electron chi connectivity index (χ2n) is 9.68. The predicted octanol–water partition coefficient (Wildman–Crippen LogP) is 4.76. The number of rotatable bonds is 6. The molecule has 2 amide bonds. The molecule has 2 aliphatic heterocycles. The molecule has 2 aromatic heterocycles. The van der Waals surface area contributed by atoms with Gasteiger partial charge in [0.15, 0.2) is 0 Å². The number of carbonyl (C=O) groups excluding carboxylic acids is 2. The Balaban J connectivity index is 1.19. The highest BCUT2D eigenvalue weighted by Crippen LogP contribution is 2.37. The van der Waals surface area contributed by atoms with E-state index in [4.69, 9.17) is 0 Å². The van der Waals surface area contributed by atoms with Gasteiger partial charge in [0, 0.05) is 54.9 Å². The molecule has 0 bridgehead atoms. The molecule has 0 aliphatic carbocycles. The number of amides is 2. The van der Waals surface area contributed by atoms with Crippen LogP contribution in [0.1, 0.15) is 45.8 Å². The lowest BCUT2D eigenvalue weighted by Gasteiger charge is -2.41. The van der Waals surface area contributed by atoms with Gasteiger partial charge in [0.05, 0.1) is 12.5 Å². The number of carbonyl (C=O) groups is 2. The Labute approximate surface area is 216 Å². The molecule has 35 heavy (non-hydrogen) atoms. The largest absolute Gasteiger partial charge is 0.339 e. The van der Waals surface area contributed by atoms with Gasteiger partial charge in [0.25, 0.3) is 0 Å². The third-order valence-corrected chi connectivity index (χ3v) is 9.15. The Morgan fingerprint density at radius 1 is 0.971 bits per heavy atom. The van der Waals surface area contributed by atoms with Crippen LogP contribution in [0.25, 0.3) is 0 Å². The van der Waals surface area contributed by atoms with Crippen LogP contribution in [0.4, 0.5) is 0 Å². The zero-order chi connectivity index (χ0) is 24.4. The lowest BCUT2D eigenvalue weighted by atomic mass is 9.92. The van der Waals surface area contributed by atoms with E-state index >= 15 is 0 Å². The monoisotopic (exact) mass is 507 g/mol. The van der Waals surface area contributed by atoms with Crippen LogP contribution >= 0.6 is 22.7 Å². The summed E-state index contributed by atoms with van der Waals surface area (Å²) in [6, 6.07) is 15.3. The number of fused-ring (bicyclic) bond motifs is 1. The fourth-order valence-electron chi connectivity index (χ4n) is 5.36. The van der Waals surface area contributed by atoms with Crippen molar-refractivity contribution >= 4 is 34.5 Å². The van der Waals surface area contributed by atoms with Crippen molar-refractivity contribution in [3.8, 4) is 0 Å². The van der Waals surface area contributed by atoms with Crippen molar-refractivity contribution in [1.82, 2.24) is 14.7 Å². The number of piperazine rings is 1. The van der Waals surface area contributed by atoms with E-state index in [1.807, 2.05) is 38.6 Å². The van der Waals surface area contributed by atoms with Gasteiger partial charge in [-0.3, -0.25) is 14.5 Å². The maximum absolute atomic E-state index is 13.2. The third kappa shape index (κ3) is 5.37. The van der Waals surface area contributed by atoms with Gasteiger partial charge < -0.3 is 9.80 Å². The molecule has 5 nitrogen and oxygen atoms in total. The summed E-state index contributed by atoms with van der Waals surface area (Å²) in [5, 5.41) is 4.20. The third-order valence-electron chi connectivity index (χ3n) is 7.28. The van der Waals surface area contributed by atoms with Crippen LogP contribution in [0.2, 0.25) is 0 Å². The van der Waals surface area contributed by atoms with Gasteiger partial charge in [-0.1, -0.05) is 35.9 Å². The molecule has 1 fully saturated rings. The topological polar surface area (TPSA) is 43.9 Å². The minimum absolute atomic E-state index is 0.0452. The first kappa shape index (κ1) is 24.2. The van der Waals surface area contributed by atoms with Gasteiger partial charge in [-0.2, -0.15) is 0 Å². The summed E-state index contributed by atoms with van der Waals surface area (Å²) in [7, 11) is 0. The van der Waals surface area contributed by atoms with E-state index < -0.39 is 0 Å². The van der Waals surface area contributed by atoms with Crippen molar-refractivity contribution in [2.45, 2.75) is 45.2 Å². The molecule has 0 saturated carbocycles. The molecule has 0 N–H and O–H groups in total. The molecule has 0 spiro atoms. The van der Waals surface area contributed by atoms with Gasteiger partial charge in [0.2, 0.25) is 11.8 Å². The van der Waals surface area contributed by atoms with E-state index in [2.05, 4.69) is 54.5 Å². The summed E-state index contributed by atoms with van der Waals surface area (Å²) in [4.78, 5) is 34.9. The summed E-state index contributed by atoms with van der Waals surface area (Å²) in [6.45, 7) is 7.75. The maximum atomic E-state index is 13.2. The van der Waals surface area contributed by atoms with Crippen LogP contribution in [-0.4, -0.2) is 65.3 Å². The highest BCUT2D eigenvalue weighted by atomic mass is 32.1. The Morgan fingerprint density at radius 2 is 1.80 bits per heavy atom. The average Bonchev–Trinajstić information content (AvgIpc) is 3.54. The van der Waals surface area contributed by atoms with E-state index in [1.165, 1.54) is 21.6 Å². The highest BCUT2D eigenvalue weighted by molar-refractivity contribution is 7.10. The van der Waals surface area contributed by atoms with Crippen LogP contribution in [-0.2, 0) is 22.4 Å². The van der Waals surface area contributed by atoms with E-state index in [9.17, 15) is 9.59 Å². The van der Waals surface area contributed by atoms with E-state index in [1.54, 1.807) is 11.3 Å². The molecule has 2 atom stereocenters. The van der Waals surface area contributed by atoms with Crippen LogP contribution in [0.15, 0.2) is 53.2 Å². The van der Waals surface area contributed by atoms with Crippen molar-refractivity contribution in [1.29, 1.82) is 0 Å². The van der Waals surface area contributed by atoms with Crippen LogP contribution in [0.5, 0.6) is 0 Å². The summed E-state index contributed by atoms with van der Waals surface area (Å²) < 4.78 is 0. The number of benzene rings is 1. The SMILES string of the molecule is Cc1ccc([C@H]2c3ccsc3CCN2CCC(=O)N2CCN(C(=O)Cc3cccs3)[C@@H](C)C2)cc1. The molecule has 0 radical (unpaired) electrons. The summed E-state index contributed by atoms with van der Waals surface area (Å²) >= 11 is 3.47. The number of aryl methyl sites for hydroxylation is 1. The zero-order valence-electron chi connectivity index (χ0n) is 20.5. The normalized spacial score (nSPS) is 20.6. The van der Waals surface area contributed by atoms with Crippen molar-refractivity contribution in [3.63, 3.8) is 0 Å². The minimum atomic E-state index is 0.0452. The zero-order valence-corrected chi connectivity index (χ0v) is 22.1. The van der Waals surface area contributed by atoms with Gasteiger partial charge >= 0.3 is 0 Å². The predicted molar refractivity (Wildman–Crippen MR) is 143 cm³/mol. The lowest BCUT2D eigenvalue weighted by molar-refractivity contribution is -0.142. The summed E-state index contributed by atoms with van der Waals surface area (Å²) in [5.41, 5.74) is 3.96. The van der Waals surface area contributed by atoms with Gasteiger partial charge in [0.1, 0.15) is 0 Å². The smallest absolute Gasteiger partial charge is 0.228 e. The fourth-order valence-corrected chi connectivity index (χ4v) is 6.96. The maximum Gasteiger partial charge on any atom is 0.228 e. The van der Waals surface area contributed by atoms with Crippen molar-refractivity contribution in [2.75, 3.05) is 32.7 Å². The van der Waals surface area contributed by atoms with Crippen LogP contribution in [0, 0.1) is 6.92 Å². The first-order valence-electron chi connectivity index (χ1n) is 12.5. The van der Waals surface area contributed by atoms with Gasteiger partial charge in [-0.15, -0.1) is 22.7 Å². The Kier molecular flexibility index (Phi) is 7.37. The van der Waals surface area contributed by atoms with E-state index in [0.29, 0.717) is 32.5 Å². The average molecular weight is 508 g/mol. The number of hydrogen-bond acceptors (Lipinski definition) is 5. The Morgan fingerprint density at radius 3 is 2.54 bits per heavy atom. The second-order valence-corrected chi connectivity index (χ2v) is 11.7. The fraction of sp³-hybridized carbons (Fsp3) is 0.429.